The summed E-state index contributed by atoms with van der Waals surface area (Å²) in [5.41, 5.74) is -1.96. The molecule has 1 aromatic rings. The summed E-state index contributed by atoms with van der Waals surface area (Å²) in [6.45, 7) is 3.54. The molecule has 0 aliphatic rings. The second kappa shape index (κ2) is 7.61. The molecule has 1 rings (SSSR count). The molecule has 1 atom stereocenters. The van der Waals surface area contributed by atoms with Crippen LogP contribution in [0.3, 0.4) is 0 Å². The van der Waals surface area contributed by atoms with Crippen molar-refractivity contribution in [1.82, 2.24) is 5.32 Å². The minimum atomic E-state index is -1.65. The van der Waals surface area contributed by atoms with Crippen molar-refractivity contribution >= 4 is 17.6 Å². The van der Waals surface area contributed by atoms with E-state index in [2.05, 4.69) is 10.1 Å². The summed E-state index contributed by atoms with van der Waals surface area (Å²) < 4.78 is 31.6. The lowest BCUT2D eigenvalue weighted by Crippen LogP contribution is -2.42. The molecule has 7 nitrogen and oxygen atoms in total. The van der Waals surface area contributed by atoms with Gasteiger partial charge in [0.2, 0.25) is 0 Å². The summed E-state index contributed by atoms with van der Waals surface area (Å²) in [6, 6.07) is 0.105. The summed E-state index contributed by atoms with van der Waals surface area (Å²) in [7, 11) is 1.10. The quantitative estimate of drug-likeness (QED) is 0.490. The first kappa shape index (κ1) is 18.5. The Bertz CT molecular complexity index is 634. The maximum absolute atomic E-state index is 13.8. The third-order valence-electron chi connectivity index (χ3n) is 2.99. The average molecular weight is 330 g/mol. The van der Waals surface area contributed by atoms with Crippen molar-refractivity contribution in [2.45, 2.75) is 26.3 Å². The average Bonchev–Trinajstić information content (AvgIpc) is 2.47. The number of esters is 1. The van der Waals surface area contributed by atoms with Crippen molar-refractivity contribution in [2.24, 2.45) is 5.92 Å². The van der Waals surface area contributed by atoms with E-state index in [0.717, 1.165) is 7.11 Å². The van der Waals surface area contributed by atoms with Crippen molar-refractivity contribution < 1.29 is 28.0 Å². The number of nitrogens with one attached hydrogen (secondary N) is 1. The van der Waals surface area contributed by atoms with Crippen LogP contribution in [-0.4, -0.2) is 30.0 Å². The lowest BCUT2D eigenvalue weighted by atomic mass is 10.0. The highest BCUT2D eigenvalue weighted by molar-refractivity contribution is 6.00. The number of amides is 1. The monoisotopic (exact) mass is 330 g/mol. The van der Waals surface area contributed by atoms with Crippen molar-refractivity contribution in [3.63, 3.8) is 0 Å². The van der Waals surface area contributed by atoms with Gasteiger partial charge in [0, 0.05) is 6.07 Å². The van der Waals surface area contributed by atoms with Crippen molar-refractivity contribution in [2.75, 3.05) is 7.11 Å². The highest BCUT2D eigenvalue weighted by Crippen LogP contribution is 2.24. The molecule has 0 heterocycles. The van der Waals surface area contributed by atoms with Gasteiger partial charge in [0.1, 0.15) is 6.04 Å². The van der Waals surface area contributed by atoms with E-state index in [9.17, 15) is 28.5 Å². The topological polar surface area (TPSA) is 98.5 Å². The van der Waals surface area contributed by atoms with Crippen LogP contribution in [0.15, 0.2) is 12.1 Å². The summed E-state index contributed by atoms with van der Waals surface area (Å²) in [5, 5.41) is 13.0. The molecule has 0 saturated heterocycles. The molecule has 23 heavy (non-hydrogen) atoms. The normalized spacial score (nSPS) is 11.9. The molecule has 1 N–H and O–H groups in total. The third-order valence-corrected chi connectivity index (χ3v) is 2.99. The van der Waals surface area contributed by atoms with Crippen LogP contribution in [0.25, 0.3) is 0 Å². The molecule has 0 fully saturated rings. The molecule has 1 amide bonds. The molecule has 9 heteroatoms. The molecule has 126 valence electrons. The van der Waals surface area contributed by atoms with Gasteiger partial charge in [-0.2, -0.15) is 0 Å². The predicted molar refractivity (Wildman–Crippen MR) is 75.7 cm³/mol. The standard InChI is InChI=1S/C14H16F2N2O5/c1-7(2)6-9(14(20)23-3)17-13(19)11-10(18(21)22)5-4-8(15)12(11)16/h4-5,7,9H,6H2,1-3H3,(H,17,19). The Kier molecular flexibility index (Phi) is 6.11. The van der Waals surface area contributed by atoms with E-state index in [4.69, 9.17) is 0 Å². The molecular formula is C14H16F2N2O5. The molecule has 1 unspecified atom stereocenters. The Morgan fingerprint density at radius 3 is 2.43 bits per heavy atom. The van der Waals surface area contributed by atoms with Gasteiger partial charge < -0.3 is 10.1 Å². The lowest BCUT2D eigenvalue weighted by molar-refractivity contribution is -0.385. The lowest BCUT2D eigenvalue weighted by Gasteiger charge is -2.18. The first-order chi connectivity index (χ1) is 10.7. The first-order valence-electron chi connectivity index (χ1n) is 6.70. The fourth-order valence-corrected chi connectivity index (χ4v) is 1.97. The smallest absolute Gasteiger partial charge is 0.328 e. The van der Waals surface area contributed by atoms with Gasteiger partial charge in [-0.05, 0) is 18.4 Å². The van der Waals surface area contributed by atoms with Crippen LogP contribution in [-0.2, 0) is 9.53 Å². The van der Waals surface area contributed by atoms with Gasteiger partial charge in [0.05, 0.1) is 12.0 Å². The van der Waals surface area contributed by atoms with E-state index in [-0.39, 0.29) is 12.3 Å². The summed E-state index contributed by atoms with van der Waals surface area (Å²) in [6.07, 6.45) is 0.170. The first-order valence-corrected chi connectivity index (χ1v) is 6.70. The Balaban J connectivity index is 3.20. The number of benzene rings is 1. The number of ether oxygens (including phenoxy) is 1. The van der Waals surface area contributed by atoms with Crippen molar-refractivity contribution in [3.8, 4) is 0 Å². The number of nitrogens with zero attached hydrogens (tertiary/aromatic N) is 1. The fraction of sp³-hybridized carbons (Fsp3) is 0.429. The van der Waals surface area contributed by atoms with E-state index >= 15 is 0 Å². The van der Waals surface area contributed by atoms with E-state index in [0.29, 0.717) is 12.1 Å². The highest BCUT2D eigenvalue weighted by atomic mass is 19.2. The number of nitro benzene ring substituents is 1. The molecule has 0 aliphatic carbocycles. The minimum Gasteiger partial charge on any atom is -0.467 e. The largest absolute Gasteiger partial charge is 0.467 e. The van der Waals surface area contributed by atoms with Crippen molar-refractivity contribution in [1.29, 1.82) is 0 Å². The zero-order chi connectivity index (χ0) is 17.7. The number of hydrogen-bond donors (Lipinski definition) is 1. The van der Waals surface area contributed by atoms with Crippen LogP contribution in [0.2, 0.25) is 0 Å². The van der Waals surface area contributed by atoms with Gasteiger partial charge in [-0.1, -0.05) is 13.8 Å². The number of carbonyl (C=O) groups excluding carboxylic acids is 2. The Morgan fingerprint density at radius 1 is 1.35 bits per heavy atom. The SMILES string of the molecule is COC(=O)C(CC(C)C)NC(=O)c1c([N+](=O)[O-])ccc(F)c1F. The maximum Gasteiger partial charge on any atom is 0.328 e. The van der Waals surface area contributed by atoms with Crippen LogP contribution in [0, 0.1) is 27.7 Å². The molecule has 0 bridgehead atoms. The van der Waals surface area contributed by atoms with Gasteiger partial charge in [-0.25, -0.2) is 13.6 Å². The Morgan fingerprint density at radius 2 is 1.96 bits per heavy atom. The van der Waals surface area contributed by atoms with Crippen LogP contribution in [0.5, 0.6) is 0 Å². The van der Waals surface area contributed by atoms with Gasteiger partial charge in [-0.15, -0.1) is 0 Å². The van der Waals surface area contributed by atoms with E-state index in [1.165, 1.54) is 0 Å². The zero-order valence-corrected chi connectivity index (χ0v) is 12.8. The number of methoxy groups -OCH3 is 1. The number of hydrogen-bond acceptors (Lipinski definition) is 5. The maximum atomic E-state index is 13.8. The van der Waals surface area contributed by atoms with Crippen LogP contribution < -0.4 is 5.32 Å². The number of nitro groups is 1. The molecule has 0 aliphatic heterocycles. The molecular weight excluding hydrogens is 314 g/mol. The van der Waals surface area contributed by atoms with E-state index in [1.54, 1.807) is 13.8 Å². The van der Waals surface area contributed by atoms with Crippen molar-refractivity contribution in [3.05, 3.63) is 39.4 Å². The second-order valence-electron chi connectivity index (χ2n) is 5.19. The summed E-state index contributed by atoms with van der Waals surface area (Å²) in [5.74, 6) is -5.12. The van der Waals surface area contributed by atoms with Gasteiger partial charge >= 0.3 is 5.97 Å². The number of carbonyl (C=O) groups is 2. The molecule has 0 spiro atoms. The highest BCUT2D eigenvalue weighted by Gasteiger charge is 2.31. The number of halogens is 2. The van der Waals surface area contributed by atoms with Crippen LogP contribution in [0.1, 0.15) is 30.6 Å². The molecule has 0 radical (unpaired) electrons. The molecule has 0 saturated carbocycles. The molecule has 0 aromatic heterocycles. The van der Waals surface area contributed by atoms with Gasteiger partial charge in [0.15, 0.2) is 17.2 Å². The summed E-state index contributed by atoms with van der Waals surface area (Å²) in [4.78, 5) is 33.7. The summed E-state index contributed by atoms with van der Waals surface area (Å²) >= 11 is 0. The van der Waals surface area contributed by atoms with Gasteiger partial charge in [-0.3, -0.25) is 14.9 Å². The van der Waals surface area contributed by atoms with Gasteiger partial charge in [0.25, 0.3) is 11.6 Å². The number of rotatable bonds is 6. The zero-order valence-electron chi connectivity index (χ0n) is 12.8. The van der Waals surface area contributed by atoms with E-state index < -0.39 is 45.7 Å². The predicted octanol–water partition coefficient (Wildman–Crippen LogP) is 2.19. The molecule has 1 aromatic carbocycles. The second-order valence-corrected chi connectivity index (χ2v) is 5.19. The Hall–Kier alpha value is -2.58. The Labute approximate surface area is 130 Å². The fourth-order valence-electron chi connectivity index (χ4n) is 1.97. The van der Waals surface area contributed by atoms with Crippen LogP contribution in [0.4, 0.5) is 14.5 Å². The minimum absolute atomic E-state index is 0.0215. The van der Waals surface area contributed by atoms with E-state index in [1.807, 2.05) is 0 Å². The third kappa shape index (κ3) is 4.44. The van der Waals surface area contributed by atoms with Crippen LogP contribution >= 0.6 is 0 Å².